The third-order valence-corrected chi connectivity index (χ3v) is 2.82. The van der Waals surface area contributed by atoms with Gasteiger partial charge in [0.05, 0.1) is 11.1 Å². The Morgan fingerprint density at radius 3 is 1.64 bits per heavy atom. The maximum atomic E-state index is 2.24. The minimum atomic E-state index is 1.30. The zero-order valence-electron chi connectivity index (χ0n) is 8.07. The standard InChI is InChI=1S/C13H11N/c1-14-12-8-4-2-6-10(12)11-7-3-5-9-13(11)14/h2-9H,1H3/q+1. The molecule has 1 aliphatic heterocycles. The summed E-state index contributed by atoms with van der Waals surface area (Å²) in [6.07, 6.45) is 0. The van der Waals surface area contributed by atoms with Crippen LogP contribution in [0.2, 0.25) is 0 Å². The molecule has 1 heterocycles. The lowest BCUT2D eigenvalue weighted by molar-refractivity contribution is 0.867. The molecule has 3 rings (SSSR count). The van der Waals surface area contributed by atoms with Crippen LogP contribution in [-0.2, 0) is 0 Å². The SMILES string of the molecule is C[N+]1c2ccccc2-c2ccccc21. The largest absolute Gasteiger partial charge is 0.194 e. The van der Waals surface area contributed by atoms with Crippen molar-refractivity contribution in [2.75, 3.05) is 7.05 Å². The molecule has 2 aromatic rings. The van der Waals surface area contributed by atoms with E-state index in [9.17, 15) is 0 Å². The van der Waals surface area contributed by atoms with Crippen molar-refractivity contribution >= 4 is 11.4 Å². The van der Waals surface area contributed by atoms with Crippen LogP contribution < -0.4 is 4.90 Å². The van der Waals surface area contributed by atoms with Gasteiger partial charge in [0.2, 0.25) is 0 Å². The van der Waals surface area contributed by atoms with Gasteiger partial charge in [-0.25, -0.2) is 0 Å². The molecular weight excluding hydrogens is 170 g/mol. The second kappa shape index (κ2) is 2.69. The zero-order chi connectivity index (χ0) is 9.54. The number of hydrogen-bond acceptors (Lipinski definition) is 1. The molecule has 0 spiro atoms. The lowest BCUT2D eigenvalue weighted by Gasteiger charge is -1.97. The van der Waals surface area contributed by atoms with Crippen LogP contribution in [0.15, 0.2) is 48.5 Å². The molecule has 0 fully saturated rings. The molecule has 0 saturated heterocycles. The van der Waals surface area contributed by atoms with E-state index in [4.69, 9.17) is 0 Å². The number of anilines is 2. The second-order valence-corrected chi connectivity index (χ2v) is 3.59. The number of fused-ring (bicyclic) bond motifs is 3. The van der Waals surface area contributed by atoms with Gasteiger partial charge in [0.25, 0.3) is 0 Å². The molecule has 2 aromatic carbocycles. The number of nitrogens with zero attached hydrogens (tertiary/aromatic N) is 1. The predicted molar refractivity (Wildman–Crippen MR) is 59.3 cm³/mol. The quantitative estimate of drug-likeness (QED) is 0.549. The van der Waals surface area contributed by atoms with Crippen molar-refractivity contribution in [1.82, 2.24) is 4.90 Å². The lowest BCUT2D eigenvalue weighted by atomic mass is 10.1. The van der Waals surface area contributed by atoms with Crippen molar-refractivity contribution in [1.29, 1.82) is 0 Å². The molecule has 0 N–H and O–H groups in total. The van der Waals surface area contributed by atoms with Crippen LogP contribution >= 0.6 is 0 Å². The van der Waals surface area contributed by atoms with Gasteiger partial charge in [-0.2, -0.15) is 0 Å². The average molecular weight is 181 g/mol. The number of benzene rings is 2. The van der Waals surface area contributed by atoms with Gasteiger partial charge in [-0.1, -0.05) is 29.2 Å². The fraction of sp³-hybridized carbons (Fsp3) is 0.0769. The van der Waals surface area contributed by atoms with Crippen LogP contribution in [-0.4, -0.2) is 7.05 Å². The summed E-state index contributed by atoms with van der Waals surface area (Å²) in [6, 6.07) is 17.0. The van der Waals surface area contributed by atoms with E-state index in [-0.39, 0.29) is 0 Å². The Hall–Kier alpha value is -1.60. The first-order valence-corrected chi connectivity index (χ1v) is 4.80. The van der Waals surface area contributed by atoms with Crippen LogP contribution in [0.25, 0.3) is 11.1 Å². The first kappa shape index (κ1) is 7.77. The molecule has 0 atom stereocenters. The summed E-state index contributed by atoms with van der Waals surface area (Å²) >= 11 is 0. The predicted octanol–water partition coefficient (Wildman–Crippen LogP) is 3.40. The minimum absolute atomic E-state index is 1.30. The summed E-state index contributed by atoms with van der Waals surface area (Å²) in [7, 11) is 2.12. The van der Waals surface area contributed by atoms with Crippen molar-refractivity contribution in [3.63, 3.8) is 0 Å². The van der Waals surface area contributed by atoms with E-state index >= 15 is 0 Å². The Bertz CT molecular complexity index is 443. The van der Waals surface area contributed by atoms with Crippen molar-refractivity contribution < 1.29 is 0 Å². The van der Waals surface area contributed by atoms with Gasteiger partial charge in [0, 0.05) is 12.1 Å². The van der Waals surface area contributed by atoms with Crippen molar-refractivity contribution in [3.8, 4) is 11.1 Å². The fourth-order valence-corrected chi connectivity index (χ4v) is 2.12. The topological polar surface area (TPSA) is 5.90 Å². The van der Waals surface area contributed by atoms with E-state index in [2.05, 4.69) is 60.5 Å². The molecule has 1 heteroatoms. The molecule has 0 unspecified atom stereocenters. The summed E-state index contributed by atoms with van der Waals surface area (Å²) in [5, 5.41) is 0. The molecule has 0 amide bonds. The van der Waals surface area contributed by atoms with Crippen LogP contribution in [0.3, 0.4) is 0 Å². The van der Waals surface area contributed by atoms with E-state index in [0.29, 0.717) is 0 Å². The minimum Gasteiger partial charge on any atom is -0.0988 e. The maximum absolute atomic E-state index is 2.24. The Kier molecular flexibility index (Phi) is 1.49. The van der Waals surface area contributed by atoms with Crippen molar-refractivity contribution in [2.24, 2.45) is 0 Å². The van der Waals surface area contributed by atoms with Gasteiger partial charge in [0.1, 0.15) is 7.05 Å². The van der Waals surface area contributed by atoms with Gasteiger partial charge in [-0.05, 0) is 12.1 Å². The van der Waals surface area contributed by atoms with Gasteiger partial charge in [-0.15, -0.1) is 0 Å². The normalized spacial score (nSPS) is 13.8. The second-order valence-electron chi connectivity index (χ2n) is 3.59. The number of hydrogen-bond donors (Lipinski definition) is 0. The fourth-order valence-electron chi connectivity index (χ4n) is 2.12. The van der Waals surface area contributed by atoms with Gasteiger partial charge in [0.15, 0.2) is 11.4 Å². The summed E-state index contributed by atoms with van der Waals surface area (Å²) in [5.41, 5.74) is 5.28. The molecule has 14 heavy (non-hydrogen) atoms. The summed E-state index contributed by atoms with van der Waals surface area (Å²) < 4.78 is 0. The zero-order valence-corrected chi connectivity index (χ0v) is 8.07. The highest BCUT2D eigenvalue weighted by atomic mass is 15.1. The third kappa shape index (κ3) is 0.875. The highest BCUT2D eigenvalue weighted by Gasteiger charge is 2.32. The van der Waals surface area contributed by atoms with Crippen LogP contribution in [0.1, 0.15) is 0 Å². The number of rotatable bonds is 0. The van der Waals surface area contributed by atoms with E-state index in [1.54, 1.807) is 0 Å². The van der Waals surface area contributed by atoms with Crippen LogP contribution in [0.4, 0.5) is 11.4 Å². The summed E-state index contributed by atoms with van der Waals surface area (Å²) in [5.74, 6) is 0. The van der Waals surface area contributed by atoms with Crippen LogP contribution in [0, 0.1) is 0 Å². The highest BCUT2D eigenvalue weighted by Crippen LogP contribution is 2.45. The van der Waals surface area contributed by atoms with Gasteiger partial charge < -0.3 is 0 Å². The molecule has 1 aliphatic rings. The van der Waals surface area contributed by atoms with Crippen molar-refractivity contribution in [3.05, 3.63) is 48.5 Å². The smallest absolute Gasteiger partial charge is 0.0988 e. The lowest BCUT2D eigenvalue weighted by Crippen LogP contribution is -2.06. The molecule has 0 bridgehead atoms. The monoisotopic (exact) mass is 181 g/mol. The van der Waals surface area contributed by atoms with E-state index in [1.807, 2.05) is 0 Å². The van der Waals surface area contributed by atoms with Crippen molar-refractivity contribution in [2.45, 2.75) is 0 Å². The van der Waals surface area contributed by atoms with E-state index in [0.717, 1.165) is 0 Å². The molecule has 0 aromatic heterocycles. The Balaban J connectivity index is 2.36. The average Bonchev–Trinajstić information content (AvgIpc) is 2.55. The molecule has 0 saturated carbocycles. The Labute approximate surface area is 83.6 Å². The molecule has 1 radical (unpaired) electrons. The van der Waals surface area contributed by atoms with Crippen LogP contribution in [0.5, 0.6) is 0 Å². The Morgan fingerprint density at radius 1 is 0.714 bits per heavy atom. The first-order valence-electron chi connectivity index (χ1n) is 4.80. The Morgan fingerprint density at radius 2 is 1.14 bits per heavy atom. The maximum Gasteiger partial charge on any atom is 0.194 e. The van der Waals surface area contributed by atoms with E-state index < -0.39 is 0 Å². The summed E-state index contributed by atoms with van der Waals surface area (Å²) in [4.78, 5) is 2.24. The highest BCUT2D eigenvalue weighted by molar-refractivity contribution is 5.91. The molecule has 1 nitrogen and oxygen atoms in total. The summed E-state index contributed by atoms with van der Waals surface area (Å²) in [6.45, 7) is 0. The third-order valence-electron chi connectivity index (χ3n) is 2.82. The van der Waals surface area contributed by atoms with Gasteiger partial charge in [-0.3, -0.25) is 0 Å². The number of para-hydroxylation sites is 2. The molecule has 67 valence electrons. The molecular formula is C13H11N+. The molecule has 0 aliphatic carbocycles. The van der Waals surface area contributed by atoms with Gasteiger partial charge >= 0.3 is 0 Å². The first-order chi connectivity index (χ1) is 6.88. The van der Waals surface area contributed by atoms with E-state index in [1.165, 1.54) is 22.5 Å².